The van der Waals surface area contributed by atoms with Crippen LogP contribution in [0.3, 0.4) is 0 Å². The van der Waals surface area contributed by atoms with Gasteiger partial charge >= 0.3 is 0 Å². The SMILES string of the molecule is NCc1ccc(N2CCCC2C2CCCC2)c(F)c1F. The third-order valence-electron chi connectivity index (χ3n) is 4.91. The smallest absolute Gasteiger partial charge is 0.182 e. The standard InChI is InChI=1S/C16H22F2N2/c17-15-12(10-19)7-8-14(16(15)18)20-9-3-6-13(20)11-4-1-2-5-11/h7-8,11,13H,1-6,9-10,19H2. The minimum Gasteiger partial charge on any atom is -0.366 e. The summed E-state index contributed by atoms with van der Waals surface area (Å²) in [6.45, 7) is 0.870. The molecular formula is C16H22F2N2. The van der Waals surface area contributed by atoms with Crippen LogP contribution in [-0.4, -0.2) is 12.6 Å². The van der Waals surface area contributed by atoms with E-state index in [1.54, 1.807) is 12.1 Å². The molecule has 2 N–H and O–H groups in total. The molecule has 1 saturated carbocycles. The van der Waals surface area contributed by atoms with Crippen LogP contribution in [0.15, 0.2) is 12.1 Å². The number of benzene rings is 1. The summed E-state index contributed by atoms with van der Waals surface area (Å²) in [5, 5.41) is 0. The van der Waals surface area contributed by atoms with Crippen LogP contribution < -0.4 is 10.6 Å². The molecule has 2 aliphatic rings. The maximum Gasteiger partial charge on any atom is 0.182 e. The average molecular weight is 280 g/mol. The molecule has 2 nitrogen and oxygen atoms in total. The molecule has 0 amide bonds. The van der Waals surface area contributed by atoms with Crippen LogP contribution in [0, 0.1) is 17.6 Å². The highest BCUT2D eigenvalue weighted by Crippen LogP contribution is 2.39. The van der Waals surface area contributed by atoms with E-state index in [0.29, 0.717) is 17.6 Å². The second-order valence-electron chi connectivity index (χ2n) is 6.02. The Morgan fingerprint density at radius 1 is 1.05 bits per heavy atom. The fourth-order valence-corrected chi connectivity index (χ4v) is 3.88. The summed E-state index contributed by atoms with van der Waals surface area (Å²) in [6.07, 6.45) is 7.18. The van der Waals surface area contributed by atoms with Crippen LogP contribution in [0.1, 0.15) is 44.1 Å². The zero-order valence-corrected chi connectivity index (χ0v) is 11.7. The fourth-order valence-electron chi connectivity index (χ4n) is 3.88. The summed E-state index contributed by atoms with van der Waals surface area (Å²) in [4.78, 5) is 2.09. The van der Waals surface area contributed by atoms with E-state index in [0.717, 1.165) is 19.4 Å². The van der Waals surface area contributed by atoms with Crippen LogP contribution in [0.25, 0.3) is 0 Å². The maximum atomic E-state index is 14.3. The monoisotopic (exact) mass is 280 g/mol. The van der Waals surface area contributed by atoms with Gasteiger partial charge in [-0.25, -0.2) is 8.78 Å². The second kappa shape index (κ2) is 5.68. The van der Waals surface area contributed by atoms with Gasteiger partial charge in [0.25, 0.3) is 0 Å². The number of rotatable bonds is 3. The number of nitrogens with two attached hydrogens (primary N) is 1. The Labute approximate surface area is 118 Å². The first kappa shape index (κ1) is 13.8. The Hall–Kier alpha value is -1.16. The molecule has 1 atom stereocenters. The minimum absolute atomic E-state index is 0.0368. The third-order valence-corrected chi connectivity index (χ3v) is 4.91. The van der Waals surface area contributed by atoms with Gasteiger partial charge in [-0.05, 0) is 37.7 Å². The van der Waals surface area contributed by atoms with E-state index in [1.807, 2.05) is 0 Å². The van der Waals surface area contributed by atoms with Gasteiger partial charge in [-0.15, -0.1) is 0 Å². The van der Waals surface area contributed by atoms with Crippen molar-refractivity contribution in [1.29, 1.82) is 0 Å². The maximum absolute atomic E-state index is 14.3. The highest BCUT2D eigenvalue weighted by Gasteiger charge is 2.35. The molecule has 4 heteroatoms. The number of halogens is 2. The topological polar surface area (TPSA) is 29.3 Å². The van der Waals surface area contributed by atoms with E-state index < -0.39 is 11.6 Å². The van der Waals surface area contributed by atoms with Crippen molar-refractivity contribution in [1.82, 2.24) is 0 Å². The molecule has 110 valence electrons. The molecule has 1 aliphatic heterocycles. The van der Waals surface area contributed by atoms with Gasteiger partial charge in [-0.1, -0.05) is 18.9 Å². The molecule has 0 radical (unpaired) electrons. The molecule has 0 aromatic heterocycles. The zero-order valence-electron chi connectivity index (χ0n) is 11.7. The summed E-state index contributed by atoms with van der Waals surface area (Å²) in [5.74, 6) is -0.853. The molecule has 1 aliphatic carbocycles. The highest BCUT2D eigenvalue weighted by molar-refractivity contribution is 5.52. The van der Waals surface area contributed by atoms with Crippen molar-refractivity contribution in [2.45, 2.75) is 51.1 Å². The average Bonchev–Trinajstić information content (AvgIpc) is 3.11. The van der Waals surface area contributed by atoms with Crippen LogP contribution in [0.4, 0.5) is 14.5 Å². The molecule has 1 heterocycles. The molecule has 3 rings (SSSR count). The molecule has 0 spiro atoms. The summed E-state index contributed by atoms with van der Waals surface area (Å²) < 4.78 is 28.2. The predicted octanol–water partition coefficient (Wildman–Crippen LogP) is 3.58. The lowest BCUT2D eigenvalue weighted by molar-refractivity contribution is 0.424. The van der Waals surface area contributed by atoms with E-state index in [1.165, 1.54) is 25.7 Å². The van der Waals surface area contributed by atoms with Gasteiger partial charge in [0.1, 0.15) is 0 Å². The summed E-state index contributed by atoms with van der Waals surface area (Å²) in [7, 11) is 0. The van der Waals surface area contributed by atoms with E-state index in [-0.39, 0.29) is 12.1 Å². The van der Waals surface area contributed by atoms with Gasteiger partial charge in [0.15, 0.2) is 11.6 Å². The Kier molecular flexibility index (Phi) is 3.92. The molecule has 1 saturated heterocycles. The normalized spacial score (nSPS) is 23.8. The zero-order chi connectivity index (χ0) is 14.1. The molecule has 1 aromatic carbocycles. The highest BCUT2D eigenvalue weighted by atomic mass is 19.2. The van der Waals surface area contributed by atoms with Gasteiger partial charge in [0.2, 0.25) is 0 Å². The van der Waals surface area contributed by atoms with E-state index in [9.17, 15) is 8.78 Å². The van der Waals surface area contributed by atoms with Gasteiger partial charge in [-0.2, -0.15) is 0 Å². The summed E-state index contributed by atoms with van der Waals surface area (Å²) >= 11 is 0. The predicted molar refractivity (Wildman–Crippen MR) is 76.6 cm³/mol. The first-order valence-electron chi connectivity index (χ1n) is 7.66. The van der Waals surface area contributed by atoms with Crippen molar-refractivity contribution in [3.63, 3.8) is 0 Å². The molecule has 1 unspecified atom stereocenters. The third kappa shape index (κ3) is 2.30. The van der Waals surface area contributed by atoms with Crippen molar-refractivity contribution in [3.05, 3.63) is 29.3 Å². The van der Waals surface area contributed by atoms with Gasteiger partial charge in [0.05, 0.1) is 5.69 Å². The first-order valence-corrected chi connectivity index (χ1v) is 7.66. The minimum atomic E-state index is -0.776. The van der Waals surface area contributed by atoms with Crippen LogP contribution in [0.5, 0.6) is 0 Å². The van der Waals surface area contributed by atoms with Crippen molar-refractivity contribution in [3.8, 4) is 0 Å². The van der Waals surface area contributed by atoms with E-state index in [2.05, 4.69) is 4.90 Å². The fraction of sp³-hybridized carbons (Fsp3) is 0.625. The quantitative estimate of drug-likeness (QED) is 0.917. The number of nitrogens with zero attached hydrogens (tertiary/aromatic N) is 1. The Morgan fingerprint density at radius 2 is 1.80 bits per heavy atom. The van der Waals surface area contributed by atoms with Gasteiger partial charge in [-0.3, -0.25) is 0 Å². The number of hydrogen-bond acceptors (Lipinski definition) is 2. The Bertz CT molecular complexity index is 484. The second-order valence-corrected chi connectivity index (χ2v) is 6.02. The largest absolute Gasteiger partial charge is 0.366 e. The van der Waals surface area contributed by atoms with Crippen molar-refractivity contribution in [2.75, 3.05) is 11.4 Å². The first-order chi connectivity index (χ1) is 9.72. The van der Waals surface area contributed by atoms with Crippen molar-refractivity contribution >= 4 is 5.69 Å². The number of anilines is 1. The lowest BCUT2D eigenvalue weighted by atomic mass is 9.95. The van der Waals surface area contributed by atoms with Gasteiger partial charge < -0.3 is 10.6 Å². The lowest BCUT2D eigenvalue weighted by Gasteiger charge is -2.31. The van der Waals surface area contributed by atoms with Gasteiger partial charge in [0, 0.05) is 24.7 Å². The van der Waals surface area contributed by atoms with Crippen molar-refractivity contribution in [2.24, 2.45) is 11.7 Å². The molecule has 0 bridgehead atoms. The van der Waals surface area contributed by atoms with Crippen LogP contribution >= 0.6 is 0 Å². The number of hydrogen-bond donors (Lipinski definition) is 1. The van der Waals surface area contributed by atoms with Crippen molar-refractivity contribution < 1.29 is 8.78 Å². The molecule has 2 fully saturated rings. The van der Waals surface area contributed by atoms with E-state index in [4.69, 9.17) is 5.73 Å². The Balaban J connectivity index is 1.89. The summed E-state index contributed by atoms with van der Waals surface area (Å²) in [6, 6.07) is 3.71. The lowest BCUT2D eigenvalue weighted by Crippen LogP contribution is -2.35. The van der Waals surface area contributed by atoms with Crippen LogP contribution in [0.2, 0.25) is 0 Å². The van der Waals surface area contributed by atoms with Crippen LogP contribution in [-0.2, 0) is 6.54 Å². The molecular weight excluding hydrogens is 258 g/mol. The van der Waals surface area contributed by atoms with E-state index >= 15 is 0 Å². The Morgan fingerprint density at radius 3 is 2.50 bits per heavy atom. The molecule has 1 aromatic rings. The summed E-state index contributed by atoms with van der Waals surface area (Å²) in [5.41, 5.74) is 6.11. The molecule has 20 heavy (non-hydrogen) atoms.